The summed E-state index contributed by atoms with van der Waals surface area (Å²) in [5.74, 6) is 2.34. The van der Waals surface area contributed by atoms with Gasteiger partial charge in [0.05, 0.1) is 27.4 Å². The number of fused-ring (bicyclic) bond motifs is 1. The molecule has 0 bridgehead atoms. The normalized spacial score (nSPS) is 16.5. The number of nitrogens with one attached hydrogen (secondary N) is 1. The average molecular weight is 348 g/mol. The second kappa shape index (κ2) is 6.91. The maximum Gasteiger partial charge on any atom is 0.161 e. The van der Waals surface area contributed by atoms with E-state index in [9.17, 15) is 0 Å². The van der Waals surface area contributed by atoms with Crippen LogP contribution < -0.4 is 19.5 Å². The van der Waals surface area contributed by atoms with Crippen LogP contribution in [0.3, 0.4) is 0 Å². The number of ether oxygens (including phenoxy) is 3. The Balaban J connectivity index is 2.17. The van der Waals surface area contributed by atoms with Crippen molar-refractivity contribution in [1.29, 1.82) is 0 Å². The van der Waals surface area contributed by atoms with Crippen LogP contribution in [0.15, 0.2) is 24.3 Å². The van der Waals surface area contributed by atoms with Crippen molar-refractivity contribution in [2.75, 3.05) is 27.9 Å². The summed E-state index contributed by atoms with van der Waals surface area (Å²) < 4.78 is 16.6. The molecule has 5 heteroatoms. The monoisotopic (exact) mass is 347 g/mol. The fraction of sp³-hybridized carbons (Fsp3) is 0.368. The van der Waals surface area contributed by atoms with E-state index < -0.39 is 0 Å². The lowest BCUT2D eigenvalue weighted by molar-refractivity contribution is 0.352. The van der Waals surface area contributed by atoms with Crippen LogP contribution in [0.25, 0.3) is 0 Å². The first kappa shape index (κ1) is 16.9. The first-order chi connectivity index (χ1) is 11.6. The van der Waals surface area contributed by atoms with Crippen LogP contribution in [0.5, 0.6) is 17.2 Å². The summed E-state index contributed by atoms with van der Waals surface area (Å²) >= 11 is 6.30. The molecule has 2 aromatic carbocycles. The van der Waals surface area contributed by atoms with E-state index in [1.807, 2.05) is 25.1 Å². The zero-order valence-electron chi connectivity index (χ0n) is 14.4. The van der Waals surface area contributed by atoms with Gasteiger partial charge in [0.1, 0.15) is 5.75 Å². The first-order valence-electron chi connectivity index (χ1n) is 7.91. The maximum absolute atomic E-state index is 6.30. The molecule has 1 aliphatic rings. The molecule has 0 amide bonds. The molecule has 128 valence electrons. The van der Waals surface area contributed by atoms with Crippen LogP contribution in [0, 0.1) is 6.92 Å². The minimum absolute atomic E-state index is 0.000839. The highest BCUT2D eigenvalue weighted by Crippen LogP contribution is 2.41. The topological polar surface area (TPSA) is 39.7 Å². The molecule has 2 aromatic rings. The van der Waals surface area contributed by atoms with Gasteiger partial charge in [-0.3, -0.25) is 0 Å². The fourth-order valence-electron chi connectivity index (χ4n) is 3.41. The third-order valence-corrected chi connectivity index (χ3v) is 4.70. The lowest BCUT2D eigenvalue weighted by atomic mass is 9.88. The SMILES string of the molecule is COc1cc2c(cc1OC)C(c1cc(Cl)cc(C)c1OC)NCC2. The Morgan fingerprint density at radius 2 is 1.67 bits per heavy atom. The molecule has 24 heavy (non-hydrogen) atoms. The summed E-state index contributed by atoms with van der Waals surface area (Å²) in [7, 11) is 5.00. The Kier molecular flexibility index (Phi) is 4.88. The molecule has 1 atom stereocenters. The number of hydrogen-bond donors (Lipinski definition) is 1. The quantitative estimate of drug-likeness (QED) is 0.910. The first-order valence-corrected chi connectivity index (χ1v) is 8.29. The fourth-order valence-corrected chi connectivity index (χ4v) is 3.69. The van der Waals surface area contributed by atoms with Crippen LogP contribution in [-0.2, 0) is 6.42 Å². The minimum Gasteiger partial charge on any atom is -0.496 e. The molecule has 1 N–H and O–H groups in total. The van der Waals surface area contributed by atoms with Gasteiger partial charge in [-0.2, -0.15) is 0 Å². The maximum atomic E-state index is 6.30. The zero-order chi connectivity index (χ0) is 17.3. The Labute approximate surface area is 147 Å². The van der Waals surface area contributed by atoms with Crippen molar-refractivity contribution in [3.63, 3.8) is 0 Å². The molecule has 1 unspecified atom stereocenters. The van der Waals surface area contributed by atoms with E-state index in [2.05, 4.69) is 11.4 Å². The van der Waals surface area contributed by atoms with Crippen molar-refractivity contribution in [3.05, 3.63) is 51.5 Å². The van der Waals surface area contributed by atoms with Crippen molar-refractivity contribution < 1.29 is 14.2 Å². The summed E-state index contributed by atoms with van der Waals surface area (Å²) in [6.45, 7) is 2.88. The summed E-state index contributed by atoms with van der Waals surface area (Å²) in [5, 5.41) is 4.28. The highest BCUT2D eigenvalue weighted by molar-refractivity contribution is 6.30. The number of benzene rings is 2. The molecule has 0 spiro atoms. The van der Waals surface area contributed by atoms with E-state index in [1.54, 1.807) is 21.3 Å². The zero-order valence-corrected chi connectivity index (χ0v) is 15.2. The number of hydrogen-bond acceptors (Lipinski definition) is 4. The molecule has 0 saturated carbocycles. The van der Waals surface area contributed by atoms with Crippen molar-refractivity contribution in [2.45, 2.75) is 19.4 Å². The van der Waals surface area contributed by atoms with E-state index in [4.69, 9.17) is 25.8 Å². The van der Waals surface area contributed by atoms with Crippen LogP contribution in [-0.4, -0.2) is 27.9 Å². The van der Waals surface area contributed by atoms with Crippen molar-refractivity contribution >= 4 is 11.6 Å². The van der Waals surface area contributed by atoms with Crippen LogP contribution in [0.2, 0.25) is 5.02 Å². The molecule has 4 nitrogen and oxygen atoms in total. The summed E-state index contributed by atoms with van der Waals surface area (Å²) in [5.41, 5.74) is 4.47. The highest BCUT2D eigenvalue weighted by atomic mass is 35.5. The predicted octanol–water partition coefficient (Wildman–Crippen LogP) is 3.91. The van der Waals surface area contributed by atoms with Crippen molar-refractivity contribution in [1.82, 2.24) is 5.32 Å². The van der Waals surface area contributed by atoms with Gasteiger partial charge < -0.3 is 19.5 Å². The van der Waals surface area contributed by atoms with Gasteiger partial charge in [-0.15, -0.1) is 0 Å². The average Bonchev–Trinajstić information content (AvgIpc) is 2.59. The van der Waals surface area contributed by atoms with E-state index in [1.165, 1.54) is 11.1 Å². The van der Waals surface area contributed by atoms with E-state index in [0.29, 0.717) is 5.02 Å². The number of rotatable bonds is 4. The van der Waals surface area contributed by atoms with Gasteiger partial charge in [0, 0.05) is 17.1 Å². The van der Waals surface area contributed by atoms with E-state index in [0.717, 1.165) is 41.3 Å². The molecular weight excluding hydrogens is 326 g/mol. The second-order valence-corrected chi connectivity index (χ2v) is 6.32. The third-order valence-electron chi connectivity index (χ3n) is 4.48. The van der Waals surface area contributed by atoms with Crippen LogP contribution in [0.1, 0.15) is 28.3 Å². The van der Waals surface area contributed by atoms with E-state index >= 15 is 0 Å². The van der Waals surface area contributed by atoms with Crippen molar-refractivity contribution in [3.8, 4) is 17.2 Å². The highest BCUT2D eigenvalue weighted by Gasteiger charge is 2.27. The minimum atomic E-state index is 0.000839. The lowest BCUT2D eigenvalue weighted by Gasteiger charge is -2.30. The molecule has 0 aliphatic carbocycles. The van der Waals surface area contributed by atoms with Gasteiger partial charge in [-0.25, -0.2) is 0 Å². The Bertz CT molecular complexity index is 761. The number of aryl methyl sites for hydroxylation is 1. The Morgan fingerprint density at radius 3 is 2.33 bits per heavy atom. The number of halogens is 1. The summed E-state index contributed by atoms with van der Waals surface area (Å²) in [6.07, 6.45) is 0.939. The largest absolute Gasteiger partial charge is 0.496 e. The van der Waals surface area contributed by atoms with Gasteiger partial charge >= 0.3 is 0 Å². The summed E-state index contributed by atoms with van der Waals surface area (Å²) in [6, 6.07) is 7.99. The molecule has 0 fully saturated rings. The lowest BCUT2D eigenvalue weighted by Crippen LogP contribution is -2.31. The van der Waals surface area contributed by atoms with E-state index in [-0.39, 0.29) is 6.04 Å². The van der Waals surface area contributed by atoms with Gasteiger partial charge in [0.15, 0.2) is 11.5 Å². The molecule has 0 saturated heterocycles. The smallest absolute Gasteiger partial charge is 0.161 e. The van der Waals surface area contributed by atoms with Gasteiger partial charge in [-0.1, -0.05) is 11.6 Å². The third kappa shape index (κ3) is 2.92. The van der Waals surface area contributed by atoms with Gasteiger partial charge in [-0.05, 0) is 54.3 Å². The molecule has 0 aromatic heterocycles. The standard InChI is InChI=1S/C19H22ClNO3/c1-11-7-13(20)9-15(19(11)24-4)18-14-10-17(23-3)16(22-2)8-12(14)5-6-21-18/h7-10,18,21H,5-6H2,1-4H3. The summed E-state index contributed by atoms with van der Waals surface area (Å²) in [4.78, 5) is 0. The second-order valence-electron chi connectivity index (χ2n) is 5.89. The molecule has 3 rings (SSSR count). The Morgan fingerprint density at radius 1 is 0.958 bits per heavy atom. The predicted molar refractivity (Wildman–Crippen MR) is 95.8 cm³/mol. The number of methoxy groups -OCH3 is 3. The van der Waals surface area contributed by atoms with Gasteiger partial charge in [0.2, 0.25) is 0 Å². The molecular formula is C19H22ClNO3. The Hall–Kier alpha value is -1.91. The van der Waals surface area contributed by atoms with Gasteiger partial charge in [0.25, 0.3) is 0 Å². The molecule has 1 heterocycles. The molecule has 0 radical (unpaired) electrons. The van der Waals surface area contributed by atoms with Crippen LogP contribution >= 0.6 is 11.6 Å². The van der Waals surface area contributed by atoms with Crippen molar-refractivity contribution in [2.24, 2.45) is 0 Å². The molecule has 1 aliphatic heterocycles. The van der Waals surface area contributed by atoms with Crippen LogP contribution in [0.4, 0.5) is 0 Å².